The number of nitrogen functional groups attached to an aromatic ring is 1. The van der Waals surface area contributed by atoms with Gasteiger partial charge in [0.1, 0.15) is 5.69 Å². The Balaban J connectivity index is 1.85. The van der Waals surface area contributed by atoms with Crippen LogP contribution in [0.5, 0.6) is 0 Å². The molecule has 0 saturated carbocycles. The van der Waals surface area contributed by atoms with Gasteiger partial charge in [0.2, 0.25) is 5.91 Å². The number of rotatable bonds is 8. The van der Waals surface area contributed by atoms with E-state index in [2.05, 4.69) is 29.5 Å². The van der Waals surface area contributed by atoms with Crippen LogP contribution in [0, 0.1) is 0 Å². The maximum absolute atomic E-state index is 12.1. The molecule has 0 fully saturated rings. The van der Waals surface area contributed by atoms with E-state index in [4.69, 9.17) is 5.73 Å². The summed E-state index contributed by atoms with van der Waals surface area (Å²) in [5.41, 5.74) is 7.13. The minimum atomic E-state index is -0.316. The molecule has 0 saturated heterocycles. The van der Waals surface area contributed by atoms with Crippen molar-refractivity contribution in [2.75, 3.05) is 22.6 Å². The summed E-state index contributed by atoms with van der Waals surface area (Å²) in [7, 11) is 3.48. The number of nitrogens with zero attached hydrogens (tertiary/aromatic N) is 1. The van der Waals surface area contributed by atoms with Gasteiger partial charge in [-0.3, -0.25) is 9.59 Å². The molecule has 9 heteroatoms. The lowest BCUT2D eigenvalue weighted by Crippen LogP contribution is -2.19. The monoisotopic (exact) mass is 410 g/mol. The molecule has 0 bridgehead atoms. The van der Waals surface area contributed by atoms with Crippen LogP contribution in [0.2, 0.25) is 0 Å². The zero-order chi connectivity index (χ0) is 19.2. The van der Waals surface area contributed by atoms with Crippen LogP contribution in [0.15, 0.2) is 29.6 Å². The second-order valence-electron chi connectivity index (χ2n) is 6.16. The van der Waals surface area contributed by atoms with E-state index in [1.54, 1.807) is 51.2 Å². The highest BCUT2D eigenvalue weighted by atomic mass is 33.1. The molecule has 0 aliphatic heterocycles. The van der Waals surface area contributed by atoms with Crippen molar-refractivity contribution in [3.8, 4) is 0 Å². The maximum atomic E-state index is 12.1. The van der Waals surface area contributed by atoms with E-state index in [0.29, 0.717) is 22.9 Å². The number of hydrogen-bond acceptors (Lipinski definition) is 7. The van der Waals surface area contributed by atoms with Gasteiger partial charge in [-0.25, -0.2) is 4.98 Å². The van der Waals surface area contributed by atoms with Crippen molar-refractivity contribution in [1.82, 2.24) is 4.98 Å². The average Bonchev–Trinajstić information content (AvgIpc) is 3.01. The Morgan fingerprint density at radius 1 is 1.19 bits per heavy atom. The molecule has 2 amide bonds. The van der Waals surface area contributed by atoms with Gasteiger partial charge < -0.3 is 16.4 Å². The molecule has 26 heavy (non-hydrogen) atoms. The van der Waals surface area contributed by atoms with Crippen molar-refractivity contribution in [3.05, 3.63) is 35.3 Å². The first-order valence-electron chi connectivity index (χ1n) is 7.93. The van der Waals surface area contributed by atoms with Crippen LogP contribution in [0.1, 0.15) is 37.2 Å². The third-order valence-corrected chi connectivity index (χ3v) is 6.79. The second kappa shape index (κ2) is 9.29. The molecule has 1 heterocycles. The largest absolute Gasteiger partial charge is 0.375 e. The normalized spacial score (nSPS) is 11.2. The number of carbonyl (C=O) groups excluding carboxylic acids is 2. The molecule has 0 aliphatic rings. The van der Waals surface area contributed by atoms with Gasteiger partial charge in [0.15, 0.2) is 5.13 Å². The zero-order valence-electron chi connectivity index (χ0n) is 14.9. The molecule has 2 aromatic rings. The van der Waals surface area contributed by atoms with E-state index in [-0.39, 0.29) is 22.3 Å². The number of thiazole rings is 1. The van der Waals surface area contributed by atoms with Gasteiger partial charge in [0.05, 0.1) is 0 Å². The van der Waals surface area contributed by atoms with E-state index in [1.807, 2.05) is 6.26 Å². The number of hydrogen-bond donors (Lipinski definition) is 3. The van der Waals surface area contributed by atoms with Crippen LogP contribution in [-0.4, -0.2) is 27.8 Å². The topological polar surface area (TPSA) is 97.1 Å². The summed E-state index contributed by atoms with van der Waals surface area (Å²) in [4.78, 5) is 28.1. The van der Waals surface area contributed by atoms with Crippen molar-refractivity contribution in [2.24, 2.45) is 0 Å². The van der Waals surface area contributed by atoms with Crippen molar-refractivity contribution < 1.29 is 9.59 Å². The standard InChI is InChI=1S/C17H22N4O2S3/c1-17(2,26-24-3)9-8-14(22)19-11-4-6-12(7-5-11)20-15(23)13-10-25-16(18)21-13/h4-7,10H,8-9H2,1-3H3,(H2,18,21)(H,19,22)(H,20,23). The fourth-order valence-corrected chi connectivity index (χ4v) is 4.91. The van der Waals surface area contributed by atoms with Gasteiger partial charge in [0, 0.05) is 27.9 Å². The lowest BCUT2D eigenvalue weighted by Gasteiger charge is -2.21. The molecule has 6 nitrogen and oxygen atoms in total. The summed E-state index contributed by atoms with van der Waals surface area (Å²) in [6, 6.07) is 6.98. The summed E-state index contributed by atoms with van der Waals surface area (Å²) in [5.74, 6) is -0.335. The highest BCUT2D eigenvalue weighted by molar-refractivity contribution is 8.76. The number of nitrogens with one attached hydrogen (secondary N) is 2. The first-order valence-corrected chi connectivity index (χ1v) is 11.4. The molecule has 0 spiro atoms. The Labute approximate surface area is 165 Å². The van der Waals surface area contributed by atoms with Crippen molar-refractivity contribution in [2.45, 2.75) is 31.4 Å². The molecule has 0 atom stereocenters. The fraction of sp³-hybridized carbons (Fsp3) is 0.353. The predicted molar refractivity (Wildman–Crippen MR) is 114 cm³/mol. The lowest BCUT2D eigenvalue weighted by molar-refractivity contribution is -0.116. The molecule has 2 rings (SSSR count). The Morgan fingerprint density at radius 2 is 1.81 bits per heavy atom. The van der Waals surface area contributed by atoms with Crippen molar-refractivity contribution >= 4 is 61.2 Å². The van der Waals surface area contributed by atoms with E-state index < -0.39 is 0 Å². The number of anilines is 3. The van der Waals surface area contributed by atoms with Crippen LogP contribution in [0.25, 0.3) is 0 Å². The zero-order valence-corrected chi connectivity index (χ0v) is 17.3. The minimum Gasteiger partial charge on any atom is -0.375 e. The molecule has 0 aliphatic carbocycles. The van der Waals surface area contributed by atoms with Gasteiger partial charge >= 0.3 is 0 Å². The third kappa shape index (κ3) is 6.54. The highest BCUT2D eigenvalue weighted by Crippen LogP contribution is 2.37. The summed E-state index contributed by atoms with van der Waals surface area (Å²) in [6.45, 7) is 4.27. The average molecular weight is 411 g/mol. The predicted octanol–water partition coefficient (Wildman–Crippen LogP) is 4.49. The van der Waals surface area contributed by atoms with E-state index in [1.165, 1.54) is 11.3 Å². The number of aromatic nitrogens is 1. The van der Waals surface area contributed by atoms with E-state index in [0.717, 1.165) is 6.42 Å². The summed E-state index contributed by atoms with van der Waals surface area (Å²) >= 11 is 1.22. The Hall–Kier alpha value is -1.71. The second-order valence-corrected chi connectivity index (χ2v) is 10.2. The van der Waals surface area contributed by atoms with E-state index in [9.17, 15) is 9.59 Å². The highest BCUT2D eigenvalue weighted by Gasteiger charge is 2.19. The van der Waals surface area contributed by atoms with Gasteiger partial charge in [0.25, 0.3) is 5.91 Å². The maximum Gasteiger partial charge on any atom is 0.275 e. The molecule has 4 N–H and O–H groups in total. The quantitative estimate of drug-likeness (QED) is 0.555. The van der Waals surface area contributed by atoms with Gasteiger partial charge in [-0.05, 0) is 50.8 Å². The van der Waals surface area contributed by atoms with Crippen molar-refractivity contribution in [3.63, 3.8) is 0 Å². The fourth-order valence-electron chi connectivity index (χ4n) is 2.13. The number of nitrogens with two attached hydrogens (primary N) is 1. The lowest BCUT2D eigenvalue weighted by atomic mass is 10.1. The van der Waals surface area contributed by atoms with E-state index >= 15 is 0 Å². The summed E-state index contributed by atoms with van der Waals surface area (Å²) in [6.07, 6.45) is 3.30. The van der Waals surface area contributed by atoms with Crippen LogP contribution >= 0.6 is 32.9 Å². The molecule has 0 radical (unpaired) electrons. The Kier molecular flexibility index (Phi) is 7.36. The number of carbonyl (C=O) groups is 2. The first kappa shape index (κ1) is 20.6. The van der Waals surface area contributed by atoms with Crippen molar-refractivity contribution in [1.29, 1.82) is 0 Å². The molecule has 140 valence electrons. The smallest absolute Gasteiger partial charge is 0.275 e. The first-order chi connectivity index (χ1) is 12.3. The molecular formula is C17H22N4O2S3. The number of benzene rings is 1. The summed E-state index contributed by atoms with van der Waals surface area (Å²) in [5, 5.41) is 7.58. The minimum absolute atomic E-state index is 0.0190. The van der Waals surface area contributed by atoms with Gasteiger partial charge in [-0.2, -0.15) is 0 Å². The molecule has 1 aromatic carbocycles. The van der Waals surface area contributed by atoms with Crippen LogP contribution < -0.4 is 16.4 Å². The Morgan fingerprint density at radius 3 is 2.35 bits per heavy atom. The summed E-state index contributed by atoms with van der Waals surface area (Å²) < 4.78 is 0.0595. The molecular weight excluding hydrogens is 388 g/mol. The van der Waals surface area contributed by atoms with Crippen LogP contribution in [-0.2, 0) is 4.79 Å². The van der Waals surface area contributed by atoms with Crippen LogP contribution in [0.4, 0.5) is 16.5 Å². The Bertz CT molecular complexity index is 760. The molecule has 0 unspecified atom stereocenters. The number of amides is 2. The SMILES string of the molecule is CSSC(C)(C)CCC(=O)Nc1ccc(NC(=O)c2csc(N)n2)cc1. The molecule has 1 aromatic heterocycles. The van der Waals surface area contributed by atoms with Crippen LogP contribution in [0.3, 0.4) is 0 Å². The third-order valence-electron chi connectivity index (χ3n) is 3.44. The van der Waals surface area contributed by atoms with Gasteiger partial charge in [-0.15, -0.1) is 11.3 Å². The van der Waals surface area contributed by atoms with Gasteiger partial charge in [-0.1, -0.05) is 21.6 Å².